The predicted octanol–water partition coefficient (Wildman–Crippen LogP) is 3.89. The van der Waals surface area contributed by atoms with Crippen LogP contribution in [-0.4, -0.2) is 30.8 Å². The number of pyridine rings is 2. The van der Waals surface area contributed by atoms with E-state index in [1.54, 1.807) is 43.8 Å². The summed E-state index contributed by atoms with van der Waals surface area (Å²) in [4.78, 5) is 14.2. The monoisotopic (exact) mass is 470 g/mol. The molecule has 9 heteroatoms. The Kier molecular flexibility index (Phi) is 6.03. The number of nitrogens with one attached hydrogen (secondary N) is 1. The highest BCUT2D eigenvalue weighted by molar-refractivity contribution is 7.83. The number of nitrogens with two attached hydrogens (primary N) is 1. The zero-order valence-corrected chi connectivity index (χ0v) is 19.2. The maximum Gasteiger partial charge on any atom is 0.164 e. The third-order valence-corrected chi connectivity index (χ3v) is 6.48. The van der Waals surface area contributed by atoms with Gasteiger partial charge in [0.1, 0.15) is 28.1 Å². The minimum atomic E-state index is -1.33. The number of anilines is 1. The topological polar surface area (TPSA) is 108 Å². The van der Waals surface area contributed by atoms with E-state index in [2.05, 4.69) is 14.7 Å². The largest absolute Gasteiger partial charge is 0.497 e. The number of benzene rings is 2. The van der Waals surface area contributed by atoms with E-state index < -0.39 is 11.0 Å². The second kappa shape index (κ2) is 9.42. The molecule has 2 aromatic carbocycles. The molecular weight excluding hydrogens is 448 g/mol. The average Bonchev–Trinajstić information content (AvgIpc) is 3.27. The number of methoxy groups -OCH3 is 1. The zero-order chi connectivity index (χ0) is 23.5. The van der Waals surface area contributed by atoms with Crippen molar-refractivity contribution in [2.24, 2.45) is 0 Å². The van der Waals surface area contributed by atoms with Crippen LogP contribution in [-0.2, 0) is 17.5 Å². The highest BCUT2D eigenvalue weighted by Gasteiger charge is 2.17. The number of hydrogen-bond donors (Lipinski definition) is 2. The van der Waals surface area contributed by atoms with Gasteiger partial charge in [-0.1, -0.05) is 12.1 Å². The number of aromatic nitrogens is 4. The van der Waals surface area contributed by atoms with E-state index in [0.717, 1.165) is 33.7 Å². The van der Waals surface area contributed by atoms with Crippen LogP contribution >= 0.6 is 0 Å². The maximum atomic E-state index is 12.6. The van der Waals surface area contributed by atoms with E-state index in [1.165, 1.54) is 0 Å². The summed E-state index contributed by atoms with van der Waals surface area (Å²) in [7, 11) is 0.272. The number of nitrogen functional groups attached to an aromatic ring is 1. The minimum absolute atomic E-state index is 0.404. The van der Waals surface area contributed by atoms with Crippen LogP contribution in [0.15, 0.2) is 90.1 Å². The van der Waals surface area contributed by atoms with Crippen LogP contribution < -0.4 is 15.2 Å². The minimum Gasteiger partial charge on any atom is -0.497 e. The number of nitrogens with zero attached hydrogens (tertiary/aromatic N) is 4. The molecule has 0 saturated carbocycles. The van der Waals surface area contributed by atoms with Gasteiger partial charge in [-0.3, -0.25) is 4.57 Å². The number of hydrogen-bond acceptors (Lipinski definition) is 6. The first-order valence-electron chi connectivity index (χ1n) is 10.6. The number of imidazole rings is 1. The van der Waals surface area contributed by atoms with Crippen molar-refractivity contribution in [2.75, 3.05) is 12.8 Å². The fourth-order valence-electron chi connectivity index (χ4n) is 3.64. The van der Waals surface area contributed by atoms with Crippen molar-refractivity contribution in [3.63, 3.8) is 0 Å². The van der Waals surface area contributed by atoms with E-state index in [0.29, 0.717) is 23.1 Å². The molecule has 1 unspecified atom stereocenters. The normalized spacial score (nSPS) is 12.0. The molecule has 3 N–H and O–H groups in total. The molecule has 0 amide bonds. The molecule has 0 aliphatic carbocycles. The SMILES string of the molecule is COc1ccc(S(=O)NCc2ccc(-n3c(-c4cccnc4N)nc4cccnc43)cc2)cc1. The third-order valence-electron chi connectivity index (χ3n) is 5.37. The van der Waals surface area contributed by atoms with Crippen LogP contribution in [0.5, 0.6) is 5.75 Å². The van der Waals surface area contributed by atoms with Gasteiger partial charge in [0, 0.05) is 24.6 Å². The first-order valence-corrected chi connectivity index (χ1v) is 11.7. The van der Waals surface area contributed by atoms with Crippen molar-refractivity contribution in [3.05, 3.63) is 90.8 Å². The van der Waals surface area contributed by atoms with Crippen molar-refractivity contribution in [1.82, 2.24) is 24.2 Å². The molecule has 5 aromatic rings. The molecule has 3 heterocycles. The number of fused-ring (bicyclic) bond motifs is 1. The summed E-state index contributed by atoms with van der Waals surface area (Å²) in [5.41, 5.74) is 10.3. The Bertz CT molecular complexity index is 1470. The highest BCUT2D eigenvalue weighted by Crippen LogP contribution is 2.30. The van der Waals surface area contributed by atoms with Crippen LogP contribution in [0.2, 0.25) is 0 Å². The van der Waals surface area contributed by atoms with Gasteiger partial charge in [-0.05, 0) is 66.2 Å². The molecule has 0 spiro atoms. The Morgan fingerprint density at radius 1 is 0.971 bits per heavy atom. The Morgan fingerprint density at radius 3 is 2.44 bits per heavy atom. The molecule has 1 atom stereocenters. The lowest BCUT2D eigenvalue weighted by Gasteiger charge is -2.11. The van der Waals surface area contributed by atoms with Gasteiger partial charge >= 0.3 is 0 Å². The van der Waals surface area contributed by atoms with Gasteiger partial charge < -0.3 is 10.5 Å². The summed E-state index contributed by atoms with van der Waals surface area (Å²) in [6.45, 7) is 0.449. The molecule has 0 aliphatic heterocycles. The summed E-state index contributed by atoms with van der Waals surface area (Å²) in [5.74, 6) is 1.80. The van der Waals surface area contributed by atoms with Crippen LogP contribution in [0.4, 0.5) is 5.82 Å². The fourth-order valence-corrected chi connectivity index (χ4v) is 4.49. The molecule has 34 heavy (non-hydrogen) atoms. The van der Waals surface area contributed by atoms with E-state index in [9.17, 15) is 4.21 Å². The van der Waals surface area contributed by atoms with Crippen molar-refractivity contribution >= 4 is 28.0 Å². The highest BCUT2D eigenvalue weighted by atomic mass is 32.2. The lowest BCUT2D eigenvalue weighted by Crippen LogP contribution is -2.16. The van der Waals surface area contributed by atoms with Gasteiger partial charge in [0.05, 0.1) is 17.6 Å². The number of ether oxygens (including phenoxy) is 1. The van der Waals surface area contributed by atoms with Crippen LogP contribution in [0.25, 0.3) is 28.2 Å². The smallest absolute Gasteiger partial charge is 0.164 e. The summed E-state index contributed by atoms with van der Waals surface area (Å²) in [6, 6.07) is 22.6. The van der Waals surface area contributed by atoms with Crippen molar-refractivity contribution < 1.29 is 8.95 Å². The Balaban J connectivity index is 1.41. The van der Waals surface area contributed by atoms with Crippen molar-refractivity contribution in [3.8, 4) is 22.8 Å². The summed E-state index contributed by atoms with van der Waals surface area (Å²) >= 11 is 0. The molecule has 0 radical (unpaired) electrons. The fraction of sp³-hybridized carbons (Fsp3) is 0.0800. The Hall–Kier alpha value is -4.08. The van der Waals surface area contributed by atoms with Crippen LogP contribution in [0, 0.1) is 0 Å². The molecule has 0 aliphatic rings. The molecule has 3 aromatic heterocycles. The summed E-state index contributed by atoms with van der Waals surface area (Å²) in [5, 5.41) is 0. The van der Waals surface area contributed by atoms with Gasteiger partial charge in [-0.25, -0.2) is 23.9 Å². The van der Waals surface area contributed by atoms with E-state index >= 15 is 0 Å². The molecule has 0 bridgehead atoms. The Labute approximate surface area is 199 Å². The second-order valence-electron chi connectivity index (χ2n) is 7.48. The standard InChI is InChI=1S/C25H22N6O2S/c1-33-19-10-12-20(13-11-19)34(32)29-16-17-6-8-18(9-7-17)31-24(21-4-2-14-27-23(21)26)30-22-5-3-15-28-25(22)31/h2-15,29H,16H2,1H3,(H2,26,27). The van der Waals surface area contributed by atoms with Crippen molar-refractivity contribution in [2.45, 2.75) is 11.4 Å². The van der Waals surface area contributed by atoms with Crippen molar-refractivity contribution in [1.29, 1.82) is 0 Å². The summed E-state index contributed by atoms with van der Waals surface area (Å²) < 4.78 is 22.7. The quantitative estimate of drug-likeness (QED) is 0.374. The first-order chi connectivity index (χ1) is 16.6. The van der Waals surface area contributed by atoms with Gasteiger partial charge in [-0.15, -0.1) is 0 Å². The third kappa shape index (κ3) is 4.26. The lowest BCUT2D eigenvalue weighted by molar-refractivity contribution is 0.414. The second-order valence-corrected chi connectivity index (χ2v) is 8.78. The molecule has 5 rings (SSSR count). The van der Waals surface area contributed by atoms with Gasteiger partial charge in [0.15, 0.2) is 11.5 Å². The van der Waals surface area contributed by atoms with Crippen LogP contribution in [0.1, 0.15) is 5.56 Å². The first kappa shape index (κ1) is 21.7. The van der Waals surface area contributed by atoms with Gasteiger partial charge in [0.25, 0.3) is 0 Å². The Morgan fingerprint density at radius 2 is 1.71 bits per heavy atom. The van der Waals surface area contributed by atoms with E-state index in [4.69, 9.17) is 15.5 Å². The lowest BCUT2D eigenvalue weighted by atomic mass is 10.2. The van der Waals surface area contributed by atoms with Gasteiger partial charge in [-0.2, -0.15) is 0 Å². The maximum absolute atomic E-state index is 12.6. The average molecular weight is 471 g/mol. The molecule has 8 nitrogen and oxygen atoms in total. The zero-order valence-electron chi connectivity index (χ0n) is 18.4. The molecular formula is C25H22N6O2S. The number of rotatable bonds is 7. The molecule has 170 valence electrons. The summed E-state index contributed by atoms with van der Waals surface area (Å²) in [6.07, 6.45) is 3.39. The predicted molar refractivity (Wildman–Crippen MR) is 133 cm³/mol. The van der Waals surface area contributed by atoms with Crippen LogP contribution in [0.3, 0.4) is 0 Å². The van der Waals surface area contributed by atoms with Gasteiger partial charge in [0.2, 0.25) is 0 Å². The van der Waals surface area contributed by atoms with E-state index in [-0.39, 0.29) is 0 Å². The van der Waals surface area contributed by atoms with E-state index in [1.807, 2.05) is 53.1 Å². The molecule has 0 saturated heterocycles. The molecule has 0 fully saturated rings.